The van der Waals surface area contributed by atoms with Gasteiger partial charge in [-0.1, -0.05) is 42.5 Å². The fourth-order valence-corrected chi connectivity index (χ4v) is 4.85. The Kier molecular flexibility index (Phi) is 15.4. The third kappa shape index (κ3) is 12.8. The first-order valence-corrected chi connectivity index (χ1v) is 16.2. The lowest BCUT2D eigenvalue weighted by Gasteiger charge is -2.30. The Morgan fingerprint density at radius 1 is 0.822 bits per heavy atom. The third-order valence-electron chi connectivity index (χ3n) is 7.00. The van der Waals surface area contributed by atoms with E-state index in [-0.39, 0.29) is 30.5 Å². The van der Waals surface area contributed by atoms with Crippen molar-refractivity contribution in [1.29, 1.82) is 0 Å². The molecule has 0 aliphatic rings. The van der Waals surface area contributed by atoms with Crippen molar-refractivity contribution in [3.05, 3.63) is 65.7 Å². The van der Waals surface area contributed by atoms with E-state index in [0.717, 1.165) is 11.1 Å². The summed E-state index contributed by atoms with van der Waals surface area (Å²) in [6.45, 7) is 4.72. The van der Waals surface area contributed by atoms with E-state index in [4.69, 9.17) is 5.73 Å². The van der Waals surface area contributed by atoms with Gasteiger partial charge in [-0.05, 0) is 68.9 Å². The SMILES string of the molecule is CSCC[C@H](NC(=O)[C@H](Cc1ccccc1)N(C)C(=O)CNC(=O)[C@@H](C)NC(=O)[C@@H](N)Cc1ccc(O)cc1)C(=O)NC(C)C. The molecular formula is C32H46N6O6S. The molecule has 0 heterocycles. The van der Waals surface area contributed by atoms with Gasteiger partial charge >= 0.3 is 0 Å². The summed E-state index contributed by atoms with van der Waals surface area (Å²) < 4.78 is 0. The van der Waals surface area contributed by atoms with Gasteiger partial charge in [-0.15, -0.1) is 0 Å². The Hall–Kier alpha value is -4.10. The molecule has 246 valence electrons. The number of rotatable bonds is 17. The molecule has 2 rings (SSSR count). The molecule has 4 atom stereocenters. The summed E-state index contributed by atoms with van der Waals surface area (Å²) in [5.41, 5.74) is 7.55. The second kappa shape index (κ2) is 18.6. The number of amides is 5. The third-order valence-corrected chi connectivity index (χ3v) is 7.65. The van der Waals surface area contributed by atoms with E-state index in [1.165, 1.54) is 31.0 Å². The predicted molar refractivity (Wildman–Crippen MR) is 175 cm³/mol. The van der Waals surface area contributed by atoms with Crippen LogP contribution in [0.3, 0.4) is 0 Å². The molecule has 0 aliphatic heterocycles. The molecule has 45 heavy (non-hydrogen) atoms. The fourth-order valence-electron chi connectivity index (χ4n) is 4.38. The van der Waals surface area contributed by atoms with Crippen molar-refractivity contribution in [2.75, 3.05) is 25.6 Å². The largest absolute Gasteiger partial charge is 0.508 e. The lowest BCUT2D eigenvalue weighted by Crippen LogP contribution is -2.57. The van der Waals surface area contributed by atoms with E-state index in [9.17, 15) is 29.1 Å². The summed E-state index contributed by atoms with van der Waals surface area (Å²) >= 11 is 1.56. The van der Waals surface area contributed by atoms with Crippen molar-refractivity contribution >= 4 is 41.3 Å². The van der Waals surface area contributed by atoms with Gasteiger partial charge in [-0.2, -0.15) is 11.8 Å². The highest BCUT2D eigenvalue weighted by molar-refractivity contribution is 7.98. The molecular weight excluding hydrogens is 596 g/mol. The average Bonchev–Trinajstić information content (AvgIpc) is 3.01. The number of phenols is 1. The summed E-state index contributed by atoms with van der Waals surface area (Å²) in [7, 11) is 1.47. The molecule has 0 spiro atoms. The molecule has 0 radical (unpaired) electrons. The standard InChI is InChI=1S/C32H46N6O6S/c1-20(2)35-31(43)26(15-16-45-5)37-32(44)27(18-22-9-7-6-8-10-22)38(4)28(40)19-34-29(41)21(3)36-30(42)25(33)17-23-11-13-24(39)14-12-23/h6-14,20-21,25-27,39H,15-19,33H2,1-5H3,(H,34,41)(H,35,43)(H,36,42)(H,37,44)/t21-,25+,26+,27+/m1/s1. The van der Waals surface area contributed by atoms with Crippen molar-refractivity contribution in [3.8, 4) is 5.75 Å². The van der Waals surface area contributed by atoms with Crippen molar-refractivity contribution in [3.63, 3.8) is 0 Å². The highest BCUT2D eigenvalue weighted by Crippen LogP contribution is 2.12. The Labute approximate surface area is 269 Å². The summed E-state index contributed by atoms with van der Waals surface area (Å²) in [5, 5.41) is 20.2. The zero-order chi connectivity index (χ0) is 33.5. The van der Waals surface area contributed by atoms with E-state index in [1.807, 2.05) is 50.4 Å². The van der Waals surface area contributed by atoms with Crippen molar-refractivity contribution in [1.82, 2.24) is 26.2 Å². The van der Waals surface area contributed by atoms with E-state index >= 15 is 0 Å². The van der Waals surface area contributed by atoms with Gasteiger partial charge in [0.15, 0.2) is 0 Å². The first-order valence-electron chi connectivity index (χ1n) is 14.8. The molecule has 2 aromatic carbocycles. The molecule has 0 aliphatic carbocycles. The van der Waals surface area contributed by atoms with Crippen molar-refractivity contribution in [2.24, 2.45) is 5.73 Å². The van der Waals surface area contributed by atoms with Gasteiger partial charge in [0.05, 0.1) is 12.6 Å². The van der Waals surface area contributed by atoms with Crippen LogP contribution >= 0.6 is 11.8 Å². The van der Waals surface area contributed by atoms with Crippen LogP contribution in [-0.2, 0) is 36.8 Å². The monoisotopic (exact) mass is 642 g/mol. The molecule has 0 aromatic heterocycles. The van der Waals surface area contributed by atoms with Crippen LogP contribution in [0.2, 0.25) is 0 Å². The molecule has 5 amide bonds. The predicted octanol–water partition coefficient (Wildman–Crippen LogP) is 0.715. The second-order valence-corrected chi connectivity index (χ2v) is 12.1. The number of likely N-dealkylation sites (N-methyl/N-ethyl adjacent to an activating group) is 1. The van der Waals surface area contributed by atoms with Crippen LogP contribution in [0.1, 0.15) is 38.3 Å². The zero-order valence-electron chi connectivity index (χ0n) is 26.5. The Balaban J connectivity index is 2.04. The average molecular weight is 643 g/mol. The summed E-state index contributed by atoms with van der Waals surface area (Å²) in [5.74, 6) is -1.73. The number of thioether (sulfide) groups is 1. The second-order valence-electron chi connectivity index (χ2n) is 11.1. The van der Waals surface area contributed by atoms with E-state index < -0.39 is 54.3 Å². The van der Waals surface area contributed by atoms with Crippen LogP contribution in [0.15, 0.2) is 54.6 Å². The van der Waals surface area contributed by atoms with Gasteiger partial charge in [0.2, 0.25) is 29.5 Å². The molecule has 0 bridgehead atoms. The fraction of sp³-hybridized carbons (Fsp3) is 0.469. The number of aromatic hydroxyl groups is 1. The molecule has 13 heteroatoms. The maximum absolute atomic E-state index is 13.6. The number of carbonyl (C=O) groups is 5. The van der Waals surface area contributed by atoms with E-state index in [1.54, 1.807) is 23.9 Å². The minimum atomic E-state index is -0.985. The zero-order valence-corrected chi connectivity index (χ0v) is 27.4. The molecule has 12 nitrogen and oxygen atoms in total. The van der Waals surface area contributed by atoms with Crippen LogP contribution in [-0.4, -0.2) is 95.4 Å². The number of phenolic OH excluding ortho intramolecular Hbond substituents is 1. The number of nitrogens with one attached hydrogen (secondary N) is 4. The summed E-state index contributed by atoms with van der Waals surface area (Å²) in [4.78, 5) is 66.2. The molecule has 2 aromatic rings. The number of benzene rings is 2. The van der Waals surface area contributed by atoms with Gasteiger partial charge < -0.3 is 37.0 Å². The summed E-state index contributed by atoms with van der Waals surface area (Å²) in [6, 6.07) is 11.7. The highest BCUT2D eigenvalue weighted by Gasteiger charge is 2.31. The molecule has 0 unspecified atom stereocenters. The maximum Gasteiger partial charge on any atom is 0.243 e. The number of nitrogens with two attached hydrogens (primary N) is 1. The van der Waals surface area contributed by atoms with Crippen LogP contribution in [0.5, 0.6) is 5.75 Å². The van der Waals surface area contributed by atoms with Gasteiger partial charge in [-0.3, -0.25) is 24.0 Å². The molecule has 0 saturated carbocycles. The first kappa shape index (κ1) is 37.1. The normalized spacial score (nSPS) is 13.6. The first-order chi connectivity index (χ1) is 21.3. The van der Waals surface area contributed by atoms with E-state index in [0.29, 0.717) is 12.2 Å². The number of hydrogen-bond acceptors (Lipinski definition) is 8. The van der Waals surface area contributed by atoms with Gasteiger partial charge in [0.1, 0.15) is 23.9 Å². The molecule has 0 saturated heterocycles. The van der Waals surface area contributed by atoms with Gasteiger partial charge in [0, 0.05) is 19.5 Å². The van der Waals surface area contributed by atoms with Crippen LogP contribution in [0.4, 0.5) is 0 Å². The van der Waals surface area contributed by atoms with Crippen molar-refractivity contribution in [2.45, 2.75) is 70.2 Å². The molecule has 7 N–H and O–H groups in total. The highest BCUT2D eigenvalue weighted by atomic mass is 32.2. The lowest BCUT2D eigenvalue weighted by molar-refractivity contribution is -0.140. The minimum absolute atomic E-state index is 0.0960. The Morgan fingerprint density at radius 2 is 1.44 bits per heavy atom. The topological polar surface area (TPSA) is 183 Å². The van der Waals surface area contributed by atoms with Crippen molar-refractivity contribution < 1.29 is 29.1 Å². The number of hydrogen-bond donors (Lipinski definition) is 6. The van der Waals surface area contributed by atoms with E-state index in [2.05, 4.69) is 21.3 Å². The maximum atomic E-state index is 13.6. The minimum Gasteiger partial charge on any atom is -0.508 e. The number of nitrogens with zero attached hydrogens (tertiary/aromatic N) is 1. The lowest BCUT2D eigenvalue weighted by atomic mass is 10.0. The van der Waals surface area contributed by atoms with Crippen LogP contribution in [0, 0.1) is 0 Å². The Bertz CT molecular complexity index is 1280. The Morgan fingerprint density at radius 3 is 2.04 bits per heavy atom. The molecule has 0 fully saturated rings. The van der Waals surface area contributed by atoms with Crippen LogP contribution in [0.25, 0.3) is 0 Å². The summed E-state index contributed by atoms with van der Waals surface area (Å²) in [6.07, 6.45) is 2.72. The number of carbonyl (C=O) groups excluding carboxylic acids is 5. The smallest absolute Gasteiger partial charge is 0.243 e. The van der Waals surface area contributed by atoms with Gasteiger partial charge in [0.25, 0.3) is 0 Å². The quantitative estimate of drug-likeness (QED) is 0.146. The van der Waals surface area contributed by atoms with Crippen LogP contribution < -0.4 is 27.0 Å². The van der Waals surface area contributed by atoms with Gasteiger partial charge in [-0.25, -0.2) is 0 Å².